The van der Waals surface area contributed by atoms with Crippen LogP contribution in [0.15, 0.2) is 18.2 Å². The average molecular weight is 268 g/mol. The average Bonchev–Trinajstić information content (AvgIpc) is 2.33. The molecule has 0 aliphatic rings. The molecule has 0 heterocycles. The number of ether oxygens (including phenoxy) is 2. The van der Waals surface area contributed by atoms with E-state index in [0.29, 0.717) is 31.4 Å². The van der Waals surface area contributed by atoms with E-state index in [9.17, 15) is 0 Å². The van der Waals surface area contributed by atoms with Crippen molar-refractivity contribution in [1.29, 1.82) is 0 Å². The van der Waals surface area contributed by atoms with Crippen molar-refractivity contribution in [3.8, 4) is 0 Å². The fourth-order valence-corrected chi connectivity index (χ4v) is 1.70. The van der Waals surface area contributed by atoms with Crippen LogP contribution in [0.4, 0.5) is 5.69 Å². The van der Waals surface area contributed by atoms with Crippen LogP contribution in [-0.4, -0.2) is 38.5 Å². The number of benzene rings is 1. The summed E-state index contributed by atoms with van der Waals surface area (Å²) >= 11 is 5.02. The second kappa shape index (κ2) is 8.02. The van der Waals surface area contributed by atoms with E-state index in [-0.39, 0.29) is 0 Å². The number of rotatable bonds is 8. The molecule has 0 aliphatic heterocycles. The van der Waals surface area contributed by atoms with Crippen LogP contribution < -0.4 is 11.1 Å². The van der Waals surface area contributed by atoms with Crippen LogP contribution in [0, 0.1) is 6.92 Å². The molecule has 0 radical (unpaired) electrons. The molecule has 1 aromatic rings. The van der Waals surface area contributed by atoms with Crippen LogP contribution in [0.2, 0.25) is 0 Å². The Bertz CT molecular complexity index is 397. The minimum Gasteiger partial charge on any atom is -0.389 e. The van der Waals surface area contributed by atoms with Crippen molar-refractivity contribution in [2.24, 2.45) is 5.73 Å². The second-order valence-corrected chi connectivity index (χ2v) is 4.39. The van der Waals surface area contributed by atoms with Crippen LogP contribution in [0.1, 0.15) is 11.1 Å². The van der Waals surface area contributed by atoms with E-state index in [1.807, 2.05) is 25.1 Å². The maximum atomic E-state index is 5.68. The first-order valence-corrected chi connectivity index (χ1v) is 6.27. The molecule has 0 unspecified atom stereocenters. The van der Waals surface area contributed by atoms with Gasteiger partial charge in [-0.05, 0) is 24.6 Å². The van der Waals surface area contributed by atoms with Gasteiger partial charge in [0, 0.05) is 24.9 Å². The predicted molar refractivity (Wildman–Crippen MR) is 78.3 cm³/mol. The van der Waals surface area contributed by atoms with Gasteiger partial charge < -0.3 is 20.5 Å². The van der Waals surface area contributed by atoms with Gasteiger partial charge in [-0.2, -0.15) is 0 Å². The molecule has 18 heavy (non-hydrogen) atoms. The number of thiocarbonyl (C=S) groups is 1. The minimum absolute atomic E-state index is 0.401. The number of aryl methyl sites for hydroxylation is 1. The molecule has 0 aromatic heterocycles. The highest BCUT2D eigenvalue weighted by Crippen LogP contribution is 2.17. The molecule has 1 rings (SSSR count). The highest BCUT2D eigenvalue weighted by atomic mass is 32.1. The van der Waals surface area contributed by atoms with E-state index in [1.165, 1.54) is 0 Å². The predicted octanol–water partition coefficient (Wildman–Crippen LogP) is 1.70. The van der Waals surface area contributed by atoms with E-state index in [4.69, 9.17) is 27.4 Å². The third kappa shape index (κ3) is 5.00. The van der Waals surface area contributed by atoms with Crippen molar-refractivity contribution >= 4 is 22.9 Å². The van der Waals surface area contributed by atoms with Crippen molar-refractivity contribution < 1.29 is 9.47 Å². The van der Waals surface area contributed by atoms with Crippen molar-refractivity contribution in [1.82, 2.24) is 0 Å². The summed E-state index contributed by atoms with van der Waals surface area (Å²) in [5, 5.41) is 3.28. The number of nitrogens with two attached hydrogens (primary N) is 1. The molecule has 1 aromatic carbocycles. The van der Waals surface area contributed by atoms with Gasteiger partial charge in [-0.15, -0.1) is 0 Å². The first-order valence-electron chi connectivity index (χ1n) is 5.86. The van der Waals surface area contributed by atoms with E-state index < -0.39 is 0 Å². The van der Waals surface area contributed by atoms with Crippen LogP contribution in [0.25, 0.3) is 0 Å². The fourth-order valence-electron chi connectivity index (χ4n) is 1.52. The maximum absolute atomic E-state index is 5.68. The Labute approximate surface area is 113 Å². The summed E-state index contributed by atoms with van der Waals surface area (Å²) in [5.74, 6) is 0. The van der Waals surface area contributed by atoms with Gasteiger partial charge in [-0.1, -0.05) is 18.3 Å². The summed E-state index contributed by atoms with van der Waals surface area (Å²) < 4.78 is 10.3. The van der Waals surface area contributed by atoms with E-state index >= 15 is 0 Å². The number of nitrogens with one attached hydrogen (secondary N) is 1. The van der Waals surface area contributed by atoms with Crippen molar-refractivity contribution in [2.45, 2.75) is 6.92 Å². The molecular formula is C13H20N2O2S. The highest BCUT2D eigenvalue weighted by molar-refractivity contribution is 7.80. The SMILES string of the molecule is COCCOCCNc1cc(C)ccc1C(N)=S. The molecule has 4 nitrogen and oxygen atoms in total. The Hall–Kier alpha value is -1.17. The van der Waals surface area contributed by atoms with E-state index in [2.05, 4.69) is 5.32 Å². The summed E-state index contributed by atoms with van der Waals surface area (Å²) in [6.45, 7) is 4.58. The first-order chi connectivity index (χ1) is 8.65. The minimum atomic E-state index is 0.401. The molecule has 0 amide bonds. The van der Waals surface area contributed by atoms with Gasteiger partial charge in [0.2, 0.25) is 0 Å². The number of methoxy groups -OCH3 is 1. The van der Waals surface area contributed by atoms with Crippen LogP contribution in [0.3, 0.4) is 0 Å². The molecule has 0 bridgehead atoms. The van der Waals surface area contributed by atoms with Crippen LogP contribution >= 0.6 is 12.2 Å². The zero-order chi connectivity index (χ0) is 13.4. The van der Waals surface area contributed by atoms with Crippen LogP contribution in [0.5, 0.6) is 0 Å². The molecule has 3 N–H and O–H groups in total. The van der Waals surface area contributed by atoms with Crippen molar-refractivity contribution in [3.05, 3.63) is 29.3 Å². The molecule has 0 spiro atoms. The monoisotopic (exact) mass is 268 g/mol. The van der Waals surface area contributed by atoms with Gasteiger partial charge in [0.25, 0.3) is 0 Å². The quantitative estimate of drug-likeness (QED) is 0.555. The highest BCUT2D eigenvalue weighted by Gasteiger charge is 2.04. The second-order valence-electron chi connectivity index (χ2n) is 3.95. The summed E-state index contributed by atoms with van der Waals surface area (Å²) in [7, 11) is 1.66. The molecule has 0 saturated carbocycles. The Morgan fingerprint density at radius 1 is 1.33 bits per heavy atom. The van der Waals surface area contributed by atoms with E-state index in [0.717, 1.165) is 16.8 Å². The molecule has 0 aliphatic carbocycles. The zero-order valence-electron chi connectivity index (χ0n) is 10.9. The van der Waals surface area contributed by atoms with Gasteiger partial charge in [0.15, 0.2) is 0 Å². The van der Waals surface area contributed by atoms with Crippen molar-refractivity contribution in [2.75, 3.05) is 38.8 Å². The lowest BCUT2D eigenvalue weighted by Gasteiger charge is -2.12. The lowest BCUT2D eigenvalue weighted by molar-refractivity contribution is 0.0759. The summed E-state index contributed by atoms with van der Waals surface area (Å²) in [6.07, 6.45) is 0. The zero-order valence-corrected chi connectivity index (χ0v) is 11.7. The van der Waals surface area contributed by atoms with Crippen molar-refractivity contribution in [3.63, 3.8) is 0 Å². The Morgan fingerprint density at radius 3 is 2.78 bits per heavy atom. The summed E-state index contributed by atoms with van der Waals surface area (Å²) in [6, 6.07) is 5.96. The summed E-state index contributed by atoms with van der Waals surface area (Å²) in [4.78, 5) is 0.401. The van der Waals surface area contributed by atoms with Crippen LogP contribution in [-0.2, 0) is 9.47 Å². The number of hydrogen-bond acceptors (Lipinski definition) is 4. The number of hydrogen-bond donors (Lipinski definition) is 2. The van der Waals surface area contributed by atoms with Gasteiger partial charge in [-0.25, -0.2) is 0 Å². The van der Waals surface area contributed by atoms with Gasteiger partial charge in [-0.3, -0.25) is 0 Å². The Kier molecular flexibility index (Phi) is 6.64. The Morgan fingerprint density at radius 2 is 2.11 bits per heavy atom. The third-order valence-corrected chi connectivity index (χ3v) is 2.65. The first kappa shape index (κ1) is 14.9. The van der Waals surface area contributed by atoms with Gasteiger partial charge in [0.05, 0.1) is 19.8 Å². The van der Waals surface area contributed by atoms with Gasteiger partial charge >= 0.3 is 0 Å². The molecule has 0 fully saturated rings. The van der Waals surface area contributed by atoms with E-state index in [1.54, 1.807) is 7.11 Å². The maximum Gasteiger partial charge on any atom is 0.106 e. The number of anilines is 1. The molecule has 5 heteroatoms. The topological polar surface area (TPSA) is 56.5 Å². The molecule has 0 saturated heterocycles. The largest absolute Gasteiger partial charge is 0.389 e. The smallest absolute Gasteiger partial charge is 0.106 e. The van der Waals surface area contributed by atoms with Gasteiger partial charge in [0.1, 0.15) is 4.99 Å². The lowest BCUT2D eigenvalue weighted by Crippen LogP contribution is -2.16. The molecular weight excluding hydrogens is 248 g/mol. The third-order valence-electron chi connectivity index (χ3n) is 2.43. The summed E-state index contributed by atoms with van der Waals surface area (Å²) in [5.41, 5.74) is 8.67. The lowest BCUT2D eigenvalue weighted by atomic mass is 10.1. The molecule has 0 atom stereocenters. The molecule has 100 valence electrons. The fraction of sp³-hybridized carbons (Fsp3) is 0.462. The Balaban J connectivity index is 2.45. The normalized spacial score (nSPS) is 10.3. The standard InChI is InChI=1S/C13H20N2O2S/c1-10-3-4-11(13(14)18)12(9-10)15-5-6-17-8-7-16-2/h3-4,9,15H,5-8H2,1-2H3,(H2,14,18).